The van der Waals surface area contributed by atoms with Gasteiger partial charge in [-0.1, -0.05) is 36.4 Å². The fourth-order valence-electron chi connectivity index (χ4n) is 3.46. The van der Waals surface area contributed by atoms with E-state index in [4.69, 9.17) is 4.74 Å². The highest BCUT2D eigenvalue weighted by molar-refractivity contribution is 14.1. The van der Waals surface area contributed by atoms with Crippen LogP contribution in [-0.2, 0) is 6.54 Å². The molecule has 0 spiro atoms. The van der Waals surface area contributed by atoms with E-state index in [0.717, 1.165) is 27.7 Å². The number of nitrogens with zero attached hydrogens (tertiary/aromatic N) is 2. The maximum absolute atomic E-state index is 12.9. The SMILES string of the molecule is O=C(c1ccccc1)n1c(=O)ccn(CC2=CCCC2Oc2ccccc2I)c1=O. The van der Waals surface area contributed by atoms with Gasteiger partial charge in [0.2, 0.25) is 0 Å². The first-order valence-corrected chi connectivity index (χ1v) is 10.6. The van der Waals surface area contributed by atoms with Gasteiger partial charge in [-0.05, 0) is 65.3 Å². The third-order valence-electron chi connectivity index (χ3n) is 4.99. The first-order valence-electron chi connectivity index (χ1n) is 9.57. The van der Waals surface area contributed by atoms with Crippen LogP contribution in [0.2, 0.25) is 0 Å². The van der Waals surface area contributed by atoms with Crippen LogP contribution in [0.1, 0.15) is 23.2 Å². The summed E-state index contributed by atoms with van der Waals surface area (Å²) in [5.41, 5.74) is -0.0576. The minimum atomic E-state index is -0.655. The Morgan fingerprint density at radius 1 is 1.03 bits per heavy atom. The molecule has 0 amide bonds. The van der Waals surface area contributed by atoms with Gasteiger partial charge in [0.1, 0.15) is 11.9 Å². The number of benzene rings is 2. The highest BCUT2D eigenvalue weighted by atomic mass is 127. The standard InChI is InChI=1S/C23H19IN2O4/c24-18-10-4-5-11-20(18)30-19-12-6-9-17(19)15-25-14-13-21(27)26(23(25)29)22(28)16-7-2-1-3-8-16/h1-5,7-11,13-14,19H,6,12,15H2. The first kappa shape index (κ1) is 20.3. The average Bonchev–Trinajstić information content (AvgIpc) is 3.19. The normalized spacial score (nSPS) is 15.6. The van der Waals surface area contributed by atoms with E-state index in [2.05, 4.69) is 28.7 Å². The van der Waals surface area contributed by atoms with E-state index < -0.39 is 17.2 Å². The summed E-state index contributed by atoms with van der Waals surface area (Å²) in [6.45, 7) is 0.259. The zero-order valence-electron chi connectivity index (χ0n) is 16.0. The molecule has 0 N–H and O–H groups in total. The van der Waals surface area contributed by atoms with Crippen molar-refractivity contribution < 1.29 is 9.53 Å². The van der Waals surface area contributed by atoms with Crippen LogP contribution in [0.5, 0.6) is 5.75 Å². The Labute approximate surface area is 186 Å². The molecular weight excluding hydrogens is 495 g/mol. The molecule has 1 aliphatic rings. The van der Waals surface area contributed by atoms with Crippen molar-refractivity contribution in [1.82, 2.24) is 9.13 Å². The van der Waals surface area contributed by atoms with Gasteiger partial charge in [0, 0.05) is 17.8 Å². The summed E-state index contributed by atoms with van der Waals surface area (Å²) in [5.74, 6) is 0.166. The molecule has 0 fully saturated rings. The Hall–Kier alpha value is -2.94. The second kappa shape index (κ2) is 8.83. The molecule has 7 heteroatoms. The summed E-state index contributed by atoms with van der Waals surface area (Å²) >= 11 is 2.23. The fraction of sp³-hybridized carbons (Fsp3) is 0.174. The van der Waals surface area contributed by atoms with Crippen LogP contribution in [0.4, 0.5) is 0 Å². The van der Waals surface area contributed by atoms with Crippen LogP contribution in [0, 0.1) is 3.57 Å². The summed E-state index contributed by atoms with van der Waals surface area (Å²) in [5, 5.41) is 0. The fourth-order valence-corrected chi connectivity index (χ4v) is 3.97. The Kier molecular flexibility index (Phi) is 5.98. The minimum Gasteiger partial charge on any atom is -0.485 e. The zero-order valence-corrected chi connectivity index (χ0v) is 18.2. The number of ether oxygens (including phenoxy) is 1. The van der Waals surface area contributed by atoms with Crippen LogP contribution < -0.4 is 16.0 Å². The summed E-state index contributed by atoms with van der Waals surface area (Å²) in [4.78, 5) is 38.0. The molecule has 0 aliphatic heterocycles. The highest BCUT2D eigenvalue weighted by Gasteiger charge is 2.23. The van der Waals surface area contributed by atoms with Crippen molar-refractivity contribution in [2.75, 3.05) is 0 Å². The van der Waals surface area contributed by atoms with E-state index in [1.807, 2.05) is 24.3 Å². The monoisotopic (exact) mass is 514 g/mol. The molecule has 1 unspecified atom stereocenters. The number of carbonyl (C=O) groups excluding carboxylic acids is 1. The van der Waals surface area contributed by atoms with Gasteiger partial charge in [0.15, 0.2) is 0 Å². The van der Waals surface area contributed by atoms with Crippen molar-refractivity contribution in [3.63, 3.8) is 0 Å². The predicted octanol–water partition coefficient (Wildman–Crippen LogP) is 3.47. The first-order chi connectivity index (χ1) is 14.5. The van der Waals surface area contributed by atoms with Crippen LogP contribution in [0.25, 0.3) is 0 Å². The van der Waals surface area contributed by atoms with Crippen LogP contribution in [-0.4, -0.2) is 21.1 Å². The van der Waals surface area contributed by atoms with Crippen molar-refractivity contribution in [2.45, 2.75) is 25.5 Å². The molecule has 1 aromatic heterocycles. The van der Waals surface area contributed by atoms with Crippen molar-refractivity contribution in [3.8, 4) is 5.75 Å². The number of aromatic nitrogens is 2. The zero-order chi connectivity index (χ0) is 21.1. The lowest BCUT2D eigenvalue weighted by Crippen LogP contribution is -2.43. The maximum atomic E-state index is 12.9. The van der Waals surface area contributed by atoms with Gasteiger partial charge in [-0.2, -0.15) is 4.57 Å². The quantitative estimate of drug-likeness (QED) is 0.387. The molecule has 0 bridgehead atoms. The lowest BCUT2D eigenvalue weighted by atomic mass is 10.2. The summed E-state index contributed by atoms with van der Waals surface area (Å²) in [7, 11) is 0. The Balaban J connectivity index is 1.61. The number of halogens is 1. The minimum absolute atomic E-state index is 0.155. The lowest BCUT2D eigenvalue weighted by molar-refractivity contribution is 0.0948. The van der Waals surface area contributed by atoms with Gasteiger partial charge < -0.3 is 4.74 Å². The number of allylic oxidation sites excluding steroid dienone is 1. The number of rotatable bonds is 5. The molecule has 1 aliphatic carbocycles. The molecule has 1 atom stereocenters. The topological polar surface area (TPSA) is 70.3 Å². The number of hydrogen-bond acceptors (Lipinski definition) is 4. The highest BCUT2D eigenvalue weighted by Crippen LogP contribution is 2.28. The number of hydrogen-bond donors (Lipinski definition) is 0. The van der Waals surface area contributed by atoms with Crippen LogP contribution >= 0.6 is 22.6 Å². The van der Waals surface area contributed by atoms with Gasteiger partial charge in [-0.25, -0.2) is 4.79 Å². The largest absolute Gasteiger partial charge is 0.485 e. The Morgan fingerprint density at radius 3 is 2.53 bits per heavy atom. The molecule has 152 valence electrons. The predicted molar refractivity (Wildman–Crippen MR) is 122 cm³/mol. The van der Waals surface area contributed by atoms with E-state index in [9.17, 15) is 14.4 Å². The van der Waals surface area contributed by atoms with E-state index in [1.165, 1.54) is 16.8 Å². The van der Waals surface area contributed by atoms with Crippen molar-refractivity contribution >= 4 is 28.5 Å². The third kappa shape index (κ3) is 4.16. The van der Waals surface area contributed by atoms with E-state index in [1.54, 1.807) is 30.3 Å². The summed E-state index contributed by atoms with van der Waals surface area (Å²) in [6.07, 6.45) is 5.00. The van der Waals surface area contributed by atoms with E-state index in [-0.39, 0.29) is 18.2 Å². The molecule has 2 aromatic carbocycles. The molecule has 30 heavy (non-hydrogen) atoms. The van der Waals surface area contributed by atoms with Gasteiger partial charge in [-0.3, -0.25) is 14.2 Å². The molecular formula is C23H19IN2O4. The van der Waals surface area contributed by atoms with Gasteiger partial charge in [0.25, 0.3) is 11.5 Å². The molecule has 6 nitrogen and oxygen atoms in total. The second-order valence-electron chi connectivity index (χ2n) is 6.96. The maximum Gasteiger partial charge on any atom is 0.338 e. The number of para-hydroxylation sites is 1. The lowest BCUT2D eigenvalue weighted by Gasteiger charge is -2.19. The summed E-state index contributed by atoms with van der Waals surface area (Å²) < 4.78 is 9.25. The van der Waals surface area contributed by atoms with Gasteiger partial charge in [-0.15, -0.1) is 0 Å². The third-order valence-corrected chi connectivity index (χ3v) is 5.88. The molecule has 0 saturated heterocycles. The molecule has 0 radical (unpaired) electrons. The van der Waals surface area contributed by atoms with Gasteiger partial charge >= 0.3 is 5.69 Å². The van der Waals surface area contributed by atoms with Crippen molar-refractivity contribution in [1.29, 1.82) is 0 Å². The Morgan fingerprint density at radius 2 is 1.77 bits per heavy atom. The van der Waals surface area contributed by atoms with Crippen molar-refractivity contribution in [3.05, 3.63) is 108 Å². The molecule has 0 saturated carbocycles. The van der Waals surface area contributed by atoms with Crippen LogP contribution in [0.15, 0.2) is 88.1 Å². The average molecular weight is 514 g/mol. The molecule has 3 aromatic rings. The molecule has 4 rings (SSSR count). The second-order valence-corrected chi connectivity index (χ2v) is 8.13. The molecule has 1 heterocycles. The Bertz CT molecular complexity index is 1230. The van der Waals surface area contributed by atoms with E-state index >= 15 is 0 Å². The van der Waals surface area contributed by atoms with E-state index in [0.29, 0.717) is 4.57 Å². The summed E-state index contributed by atoms with van der Waals surface area (Å²) in [6, 6.07) is 17.3. The van der Waals surface area contributed by atoms with Crippen molar-refractivity contribution in [2.24, 2.45) is 0 Å². The smallest absolute Gasteiger partial charge is 0.338 e. The van der Waals surface area contributed by atoms with Gasteiger partial charge in [0.05, 0.1) is 10.1 Å². The number of carbonyl (C=O) groups is 1. The van der Waals surface area contributed by atoms with Crippen LogP contribution in [0.3, 0.4) is 0 Å².